The number of rotatable bonds is 7. The second kappa shape index (κ2) is 9.58. The third kappa shape index (κ3) is 6.92. The summed E-state index contributed by atoms with van der Waals surface area (Å²) in [5.41, 5.74) is 0. The second-order valence-electron chi connectivity index (χ2n) is 6.27. The van der Waals surface area contributed by atoms with E-state index in [1.165, 1.54) is 0 Å². The Morgan fingerprint density at radius 1 is 1.38 bits per heavy atom. The molecule has 0 aromatic carbocycles. The molecule has 1 aliphatic rings. The first-order chi connectivity index (χ1) is 9.39. The van der Waals surface area contributed by atoms with Gasteiger partial charge in [-0.1, -0.05) is 19.8 Å². The van der Waals surface area contributed by atoms with Crippen molar-refractivity contribution in [3.05, 3.63) is 0 Å². The fourth-order valence-corrected chi connectivity index (χ4v) is 2.50. The Morgan fingerprint density at radius 2 is 1.95 bits per heavy atom. The normalized spacial score (nSPS) is 18.6. The molecule has 0 saturated carbocycles. The molecule has 1 unspecified atom stereocenters. The summed E-state index contributed by atoms with van der Waals surface area (Å²) in [7, 11) is 4.33. The molecular formula is C14H28IN3O3. The van der Waals surface area contributed by atoms with Crippen molar-refractivity contribution in [3.63, 3.8) is 0 Å². The molecule has 0 spiro atoms. The average Bonchev–Trinajstić information content (AvgIpc) is 2.42. The molecule has 1 aliphatic heterocycles. The zero-order valence-corrected chi connectivity index (χ0v) is 15.5. The fourth-order valence-electron chi connectivity index (χ4n) is 2.50. The van der Waals surface area contributed by atoms with Gasteiger partial charge < -0.3 is 33.4 Å². The van der Waals surface area contributed by atoms with E-state index in [-0.39, 0.29) is 42.3 Å². The number of amides is 2. The van der Waals surface area contributed by atoms with Crippen molar-refractivity contribution in [1.29, 1.82) is 0 Å². The van der Waals surface area contributed by atoms with Gasteiger partial charge in [-0.3, -0.25) is 14.8 Å². The van der Waals surface area contributed by atoms with Crippen molar-refractivity contribution < 1.29 is 43.3 Å². The number of hydroxylamine groups is 2. The molecule has 1 saturated heterocycles. The van der Waals surface area contributed by atoms with Gasteiger partial charge in [0.1, 0.15) is 0 Å². The highest BCUT2D eigenvalue weighted by molar-refractivity contribution is 5.79. The molecule has 124 valence electrons. The largest absolute Gasteiger partial charge is 1.00 e. The van der Waals surface area contributed by atoms with Crippen LogP contribution in [0, 0.1) is 5.92 Å². The van der Waals surface area contributed by atoms with Gasteiger partial charge in [0, 0.05) is 0 Å². The highest BCUT2D eigenvalue weighted by Crippen LogP contribution is 2.16. The van der Waals surface area contributed by atoms with Gasteiger partial charge in [-0.2, -0.15) is 0 Å². The van der Waals surface area contributed by atoms with E-state index in [2.05, 4.69) is 21.0 Å². The Labute approximate surface area is 144 Å². The van der Waals surface area contributed by atoms with E-state index < -0.39 is 0 Å². The van der Waals surface area contributed by atoms with Gasteiger partial charge in [0.15, 0.2) is 0 Å². The molecule has 7 heteroatoms. The third-order valence-electron chi connectivity index (χ3n) is 4.05. The average molecular weight is 413 g/mol. The number of hydrogen-bond acceptors (Lipinski definition) is 3. The van der Waals surface area contributed by atoms with E-state index in [0.717, 1.165) is 49.9 Å². The minimum atomic E-state index is -0.293. The molecular weight excluding hydrogens is 385 g/mol. The first-order valence-corrected chi connectivity index (χ1v) is 7.41. The number of hydrogen-bond donors (Lipinski definition) is 1. The number of halogens is 1. The lowest BCUT2D eigenvalue weighted by molar-refractivity contribution is -0.894. The van der Waals surface area contributed by atoms with Crippen LogP contribution in [0.5, 0.6) is 0 Å². The number of quaternary nitrogens is 1. The van der Waals surface area contributed by atoms with Crippen molar-refractivity contribution in [2.45, 2.75) is 26.2 Å². The van der Waals surface area contributed by atoms with Gasteiger partial charge in [-0.05, 0) is 6.42 Å². The summed E-state index contributed by atoms with van der Waals surface area (Å²) >= 11 is 0. The number of likely N-dealkylation sites (N-methyl/N-ethyl adjacent to an activating group) is 1. The van der Waals surface area contributed by atoms with Crippen LogP contribution in [0.15, 0.2) is 0 Å². The molecule has 0 bridgehead atoms. The maximum atomic E-state index is 12.5. The van der Waals surface area contributed by atoms with E-state index in [1.807, 2.05) is 4.90 Å². The van der Waals surface area contributed by atoms with Crippen molar-refractivity contribution in [1.82, 2.24) is 9.96 Å². The quantitative estimate of drug-likeness (QED) is 0.166. The highest BCUT2D eigenvalue weighted by atomic mass is 127. The van der Waals surface area contributed by atoms with E-state index in [9.17, 15) is 14.8 Å². The van der Waals surface area contributed by atoms with Crippen LogP contribution in [0.3, 0.4) is 0 Å². The van der Waals surface area contributed by atoms with Crippen LogP contribution < -0.4 is 24.0 Å². The zero-order valence-electron chi connectivity index (χ0n) is 13.3. The van der Waals surface area contributed by atoms with Crippen LogP contribution >= 0.6 is 0 Å². The standard InChI is InChI=1S/C14H28N3O3.HI/c1-4-5-6-13(11-16(20)12-18)14(19)15-7-9-17(2,3)10-8-15;/h12-13,20H,4-11H2,1-3H3;1H/q+1;/p-1. The summed E-state index contributed by atoms with van der Waals surface area (Å²) in [6.45, 7) is 5.56. The van der Waals surface area contributed by atoms with E-state index in [0.29, 0.717) is 11.5 Å². The Bertz CT molecular complexity index is 329. The summed E-state index contributed by atoms with van der Waals surface area (Å²) < 4.78 is 0.934. The lowest BCUT2D eigenvalue weighted by Crippen LogP contribution is -3.00. The Balaban J connectivity index is 0.00000400. The maximum Gasteiger partial charge on any atom is 0.233 e. The van der Waals surface area contributed by atoms with Crippen molar-refractivity contribution >= 4 is 12.3 Å². The summed E-state index contributed by atoms with van der Waals surface area (Å²) in [5, 5.41) is 9.93. The molecule has 1 heterocycles. The third-order valence-corrected chi connectivity index (χ3v) is 4.05. The summed E-state index contributed by atoms with van der Waals surface area (Å²) in [6, 6.07) is 0. The molecule has 0 aromatic rings. The number of carbonyl (C=O) groups is 2. The summed E-state index contributed by atoms with van der Waals surface area (Å²) in [4.78, 5) is 25.0. The number of nitrogens with zero attached hydrogens (tertiary/aromatic N) is 3. The first-order valence-electron chi connectivity index (χ1n) is 7.41. The first kappa shape index (κ1) is 20.6. The SMILES string of the molecule is CCCCC(CN(O)C=O)C(=O)N1CC[N+](C)(C)CC1.[I-]. The predicted octanol–water partition coefficient (Wildman–Crippen LogP) is -2.44. The summed E-state index contributed by atoms with van der Waals surface area (Å²) in [5.74, 6) is -0.224. The van der Waals surface area contributed by atoms with Crippen LogP contribution in [0.4, 0.5) is 0 Å². The molecule has 0 aliphatic carbocycles. The van der Waals surface area contributed by atoms with Gasteiger partial charge in [0.05, 0.1) is 52.7 Å². The molecule has 2 amide bonds. The lowest BCUT2D eigenvalue weighted by atomic mass is 9.99. The van der Waals surface area contributed by atoms with Gasteiger partial charge in [-0.15, -0.1) is 0 Å². The van der Waals surface area contributed by atoms with Crippen molar-refractivity contribution in [2.24, 2.45) is 5.92 Å². The Morgan fingerprint density at radius 3 is 2.43 bits per heavy atom. The Hall–Kier alpha value is -0.410. The van der Waals surface area contributed by atoms with Crippen LogP contribution in [-0.4, -0.2) is 78.8 Å². The second-order valence-corrected chi connectivity index (χ2v) is 6.27. The van der Waals surface area contributed by atoms with Crippen molar-refractivity contribution in [3.8, 4) is 0 Å². The number of carbonyl (C=O) groups excluding carboxylic acids is 2. The van der Waals surface area contributed by atoms with E-state index in [1.54, 1.807) is 0 Å². The van der Waals surface area contributed by atoms with Crippen molar-refractivity contribution in [2.75, 3.05) is 46.8 Å². The number of unbranched alkanes of at least 4 members (excludes halogenated alkanes) is 1. The smallest absolute Gasteiger partial charge is 0.233 e. The van der Waals surface area contributed by atoms with Crippen LogP contribution in [0.1, 0.15) is 26.2 Å². The molecule has 1 rings (SSSR count). The van der Waals surface area contributed by atoms with E-state index >= 15 is 0 Å². The molecule has 1 fully saturated rings. The molecule has 0 aromatic heterocycles. The zero-order chi connectivity index (χ0) is 15.2. The molecule has 21 heavy (non-hydrogen) atoms. The van der Waals surface area contributed by atoms with Gasteiger partial charge in [0.2, 0.25) is 12.3 Å². The Kier molecular flexibility index (Phi) is 9.39. The minimum absolute atomic E-state index is 0. The van der Waals surface area contributed by atoms with Gasteiger partial charge in [0.25, 0.3) is 0 Å². The van der Waals surface area contributed by atoms with Gasteiger partial charge >= 0.3 is 0 Å². The van der Waals surface area contributed by atoms with Gasteiger partial charge in [-0.25, -0.2) is 5.06 Å². The predicted molar refractivity (Wildman–Crippen MR) is 76.0 cm³/mol. The molecule has 1 N–H and O–H groups in total. The molecule has 6 nitrogen and oxygen atoms in total. The lowest BCUT2D eigenvalue weighted by Gasteiger charge is -2.40. The monoisotopic (exact) mass is 413 g/mol. The maximum absolute atomic E-state index is 12.5. The van der Waals surface area contributed by atoms with Crippen LogP contribution in [-0.2, 0) is 9.59 Å². The summed E-state index contributed by atoms with van der Waals surface area (Å²) in [6.07, 6.45) is 3.01. The molecule has 0 radical (unpaired) electrons. The fraction of sp³-hybridized carbons (Fsp3) is 0.857. The van der Waals surface area contributed by atoms with Crippen LogP contribution in [0.25, 0.3) is 0 Å². The molecule has 1 atom stereocenters. The van der Waals surface area contributed by atoms with E-state index in [4.69, 9.17) is 0 Å². The highest BCUT2D eigenvalue weighted by Gasteiger charge is 2.31. The topological polar surface area (TPSA) is 60.9 Å². The van der Waals surface area contributed by atoms with Crippen LogP contribution in [0.2, 0.25) is 0 Å². The minimum Gasteiger partial charge on any atom is -1.00 e. The number of piperazine rings is 1.